The van der Waals surface area contributed by atoms with Gasteiger partial charge in [0.2, 0.25) is 0 Å². The van der Waals surface area contributed by atoms with Crippen molar-refractivity contribution in [2.75, 3.05) is 6.61 Å². The molecule has 112 valence electrons. The smallest absolute Gasteiger partial charge is 0.340 e. The standard InChI is InChI=1S/C15H22ClNO3/c1-15(2,3)20-14(19)13-11(7-5-4-6-8-18)9-17-10-12(13)16/h9-10,18H,4-8H2,1-3H3. The molecule has 1 aromatic rings. The largest absolute Gasteiger partial charge is 0.456 e. The van der Waals surface area contributed by atoms with Gasteiger partial charge in [0, 0.05) is 19.0 Å². The summed E-state index contributed by atoms with van der Waals surface area (Å²) in [4.78, 5) is 16.2. The van der Waals surface area contributed by atoms with Gasteiger partial charge in [-0.2, -0.15) is 0 Å². The summed E-state index contributed by atoms with van der Waals surface area (Å²) in [6.45, 7) is 5.65. The number of unbranched alkanes of at least 4 members (excludes halogenated alkanes) is 2. The van der Waals surface area contributed by atoms with Crippen LogP contribution in [0.5, 0.6) is 0 Å². The summed E-state index contributed by atoms with van der Waals surface area (Å²) >= 11 is 6.09. The lowest BCUT2D eigenvalue weighted by Gasteiger charge is -2.21. The van der Waals surface area contributed by atoms with Crippen LogP contribution in [-0.4, -0.2) is 28.3 Å². The Morgan fingerprint density at radius 3 is 2.60 bits per heavy atom. The Balaban J connectivity index is 2.85. The first kappa shape index (κ1) is 16.9. The summed E-state index contributed by atoms with van der Waals surface area (Å²) in [5.74, 6) is -0.415. The molecule has 1 rings (SSSR count). The minimum atomic E-state index is -0.558. The van der Waals surface area contributed by atoms with Crippen LogP contribution in [-0.2, 0) is 11.2 Å². The Bertz CT molecular complexity index is 455. The van der Waals surface area contributed by atoms with E-state index in [1.807, 2.05) is 20.8 Å². The number of hydrogen-bond donors (Lipinski definition) is 1. The first-order valence-corrected chi connectivity index (χ1v) is 7.19. The zero-order valence-corrected chi connectivity index (χ0v) is 13.0. The Morgan fingerprint density at radius 1 is 1.30 bits per heavy atom. The Kier molecular flexibility index (Phi) is 6.43. The third kappa shape index (κ3) is 5.47. The second-order valence-corrected chi connectivity index (χ2v) is 6.10. The van der Waals surface area contributed by atoms with Crippen molar-refractivity contribution in [3.63, 3.8) is 0 Å². The fourth-order valence-corrected chi connectivity index (χ4v) is 2.08. The van der Waals surface area contributed by atoms with Gasteiger partial charge in [0.1, 0.15) is 5.60 Å². The number of halogens is 1. The number of esters is 1. The summed E-state index contributed by atoms with van der Waals surface area (Å²) in [7, 11) is 0. The third-order valence-corrected chi connectivity index (χ3v) is 2.97. The number of nitrogens with zero attached hydrogens (tertiary/aromatic N) is 1. The maximum absolute atomic E-state index is 12.2. The van der Waals surface area contributed by atoms with Crippen molar-refractivity contribution in [2.24, 2.45) is 0 Å². The molecular weight excluding hydrogens is 278 g/mol. The predicted octanol–water partition coefficient (Wildman–Crippen LogP) is 3.40. The van der Waals surface area contributed by atoms with E-state index in [1.165, 1.54) is 6.20 Å². The third-order valence-electron chi connectivity index (χ3n) is 2.69. The molecule has 0 aliphatic heterocycles. The van der Waals surface area contributed by atoms with Gasteiger partial charge in [-0.15, -0.1) is 0 Å². The Labute approximate surface area is 125 Å². The van der Waals surface area contributed by atoms with Crippen molar-refractivity contribution >= 4 is 17.6 Å². The average molecular weight is 300 g/mol. The maximum Gasteiger partial charge on any atom is 0.340 e. The van der Waals surface area contributed by atoms with Gasteiger partial charge in [0.05, 0.1) is 10.6 Å². The van der Waals surface area contributed by atoms with Crippen molar-refractivity contribution in [1.82, 2.24) is 4.98 Å². The molecule has 4 nitrogen and oxygen atoms in total. The minimum Gasteiger partial charge on any atom is -0.456 e. The van der Waals surface area contributed by atoms with Crippen LogP contribution in [0.3, 0.4) is 0 Å². The van der Waals surface area contributed by atoms with Crippen LogP contribution in [0.2, 0.25) is 5.02 Å². The molecule has 20 heavy (non-hydrogen) atoms. The normalized spacial score (nSPS) is 11.4. The van der Waals surface area contributed by atoms with E-state index in [9.17, 15) is 4.79 Å². The van der Waals surface area contributed by atoms with E-state index in [0.717, 1.165) is 24.8 Å². The van der Waals surface area contributed by atoms with E-state index >= 15 is 0 Å². The minimum absolute atomic E-state index is 0.187. The number of pyridine rings is 1. The molecule has 1 aromatic heterocycles. The van der Waals surface area contributed by atoms with Crippen LogP contribution >= 0.6 is 11.6 Å². The highest BCUT2D eigenvalue weighted by Crippen LogP contribution is 2.23. The number of aliphatic hydroxyl groups excluding tert-OH is 1. The summed E-state index contributed by atoms with van der Waals surface area (Å²) in [5.41, 5.74) is 0.642. The Morgan fingerprint density at radius 2 is 2.00 bits per heavy atom. The van der Waals surface area contributed by atoms with Crippen molar-refractivity contribution in [3.05, 3.63) is 28.5 Å². The molecule has 0 atom stereocenters. The molecule has 0 radical (unpaired) electrons. The second-order valence-electron chi connectivity index (χ2n) is 5.69. The number of aliphatic hydroxyl groups is 1. The molecule has 0 aromatic carbocycles. The van der Waals surface area contributed by atoms with Crippen LogP contribution in [0, 0.1) is 0 Å². The van der Waals surface area contributed by atoms with E-state index in [-0.39, 0.29) is 6.61 Å². The lowest BCUT2D eigenvalue weighted by Crippen LogP contribution is -2.25. The topological polar surface area (TPSA) is 59.4 Å². The highest BCUT2D eigenvalue weighted by molar-refractivity contribution is 6.33. The van der Waals surface area contributed by atoms with Crippen LogP contribution in [0.25, 0.3) is 0 Å². The van der Waals surface area contributed by atoms with Gasteiger partial charge in [-0.05, 0) is 45.6 Å². The fourth-order valence-electron chi connectivity index (χ4n) is 1.83. The zero-order chi connectivity index (χ0) is 15.2. The van der Waals surface area contributed by atoms with Gasteiger partial charge < -0.3 is 9.84 Å². The molecule has 1 N–H and O–H groups in total. The van der Waals surface area contributed by atoms with Gasteiger partial charge in [0.25, 0.3) is 0 Å². The van der Waals surface area contributed by atoms with Crippen molar-refractivity contribution in [2.45, 2.75) is 52.1 Å². The number of carbonyl (C=O) groups is 1. The zero-order valence-electron chi connectivity index (χ0n) is 12.3. The molecule has 1 heterocycles. The highest BCUT2D eigenvalue weighted by Gasteiger charge is 2.22. The first-order chi connectivity index (χ1) is 9.35. The van der Waals surface area contributed by atoms with Gasteiger partial charge >= 0.3 is 5.97 Å². The molecule has 0 fully saturated rings. The Hall–Kier alpha value is -1.13. The molecule has 0 aliphatic rings. The average Bonchev–Trinajstić information content (AvgIpc) is 2.32. The lowest BCUT2D eigenvalue weighted by molar-refractivity contribution is 0.00683. The molecule has 0 bridgehead atoms. The summed E-state index contributed by atoms with van der Waals surface area (Å²) in [5, 5.41) is 9.09. The van der Waals surface area contributed by atoms with Crippen molar-refractivity contribution in [1.29, 1.82) is 0 Å². The molecule has 0 spiro atoms. The van der Waals surface area contributed by atoms with Crippen molar-refractivity contribution < 1.29 is 14.6 Å². The molecular formula is C15H22ClNO3. The van der Waals surface area contributed by atoms with Gasteiger partial charge in [-0.1, -0.05) is 18.0 Å². The lowest BCUT2D eigenvalue weighted by atomic mass is 10.0. The second kappa shape index (κ2) is 7.60. The molecule has 0 aliphatic carbocycles. The SMILES string of the molecule is CC(C)(C)OC(=O)c1c(Cl)cncc1CCCCCO. The number of aromatic nitrogens is 1. The van der Waals surface area contributed by atoms with Crippen molar-refractivity contribution in [3.8, 4) is 0 Å². The predicted molar refractivity (Wildman–Crippen MR) is 79.1 cm³/mol. The van der Waals surface area contributed by atoms with Gasteiger partial charge in [0.15, 0.2) is 0 Å². The van der Waals surface area contributed by atoms with Crippen LogP contribution in [0.15, 0.2) is 12.4 Å². The molecule has 0 amide bonds. The van der Waals surface area contributed by atoms with Gasteiger partial charge in [-0.3, -0.25) is 4.98 Å². The summed E-state index contributed by atoms with van der Waals surface area (Å²) in [6.07, 6.45) is 6.34. The quantitative estimate of drug-likeness (QED) is 0.646. The van der Waals surface area contributed by atoms with Crippen LogP contribution in [0.1, 0.15) is 56.0 Å². The van der Waals surface area contributed by atoms with E-state index in [1.54, 1.807) is 6.20 Å². The summed E-state index contributed by atoms with van der Waals surface area (Å²) < 4.78 is 5.38. The van der Waals surface area contributed by atoms with E-state index in [4.69, 9.17) is 21.4 Å². The number of ether oxygens (including phenoxy) is 1. The van der Waals surface area contributed by atoms with Gasteiger partial charge in [-0.25, -0.2) is 4.79 Å². The van der Waals surface area contributed by atoms with E-state index < -0.39 is 11.6 Å². The maximum atomic E-state index is 12.2. The monoisotopic (exact) mass is 299 g/mol. The number of aryl methyl sites for hydroxylation is 1. The molecule has 0 saturated carbocycles. The van der Waals surface area contributed by atoms with E-state index in [2.05, 4.69) is 4.98 Å². The number of rotatable bonds is 6. The van der Waals surface area contributed by atoms with Crippen LogP contribution in [0.4, 0.5) is 0 Å². The molecule has 5 heteroatoms. The van der Waals surface area contributed by atoms with E-state index in [0.29, 0.717) is 17.0 Å². The highest BCUT2D eigenvalue weighted by atomic mass is 35.5. The number of carbonyl (C=O) groups excluding carboxylic acids is 1. The number of hydrogen-bond acceptors (Lipinski definition) is 4. The fraction of sp³-hybridized carbons (Fsp3) is 0.600. The summed E-state index contributed by atoms with van der Waals surface area (Å²) in [6, 6.07) is 0. The first-order valence-electron chi connectivity index (χ1n) is 6.81. The van der Waals surface area contributed by atoms with Crippen LogP contribution < -0.4 is 0 Å². The molecule has 0 saturated heterocycles. The molecule has 0 unspecified atom stereocenters.